The van der Waals surface area contributed by atoms with Gasteiger partial charge in [0.1, 0.15) is 18.7 Å². The van der Waals surface area contributed by atoms with Gasteiger partial charge >= 0.3 is 0 Å². The van der Waals surface area contributed by atoms with Crippen LogP contribution in [0.2, 0.25) is 0 Å². The van der Waals surface area contributed by atoms with Crippen LogP contribution in [0.25, 0.3) is 11.3 Å². The van der Waals surface area contributed by atoms with Crippen LogP contribution in [0.1, 0.15) is 18.0 Å². The fraction of sp³-hybridized carbons (Fsp3) is 0.350. The molecule has 29 heavy (non-hydrogen) atoms. The van der Waals surface area contributed by atoms with Gasteiger partial charge < -0.3 is 15.2 Å². The molecule has 0 radical (unpaired) electrons. The van der Waals surface area contributed by atoms with E-state index < -0.39 is 0 Å². The van der Waals surface area contributed by atoms with Crippen molar-refractivity contribution >= 4 is 11.7 Å². The normalized spacial score (nSPS) is 20.3. The van der Waals surface area contributed by atoms with Crippen LogP contribution in [0.5, 0.6) is 0 Å². The monoisotopic (exact) mass is 391 g/mol. The Morgan fingerprint density at radius 3 is 2.86 bits per heavy atom. The molecule has 2 aliphatic heterocycles. The van der Waals surface area contributed by atoms with Gasteiger partial charge in [0.25, 0.3) is 5.56 Å². The van der Waals surface area contributed by atoms with Crippen molar-refractivity contribution in [2.24, 2.45) is 5.92 Å². The number of pyridine rings is 1. The SMILES string of the molecule is Nc1cc(-c2cc3n(c(=O)c2)C[C@H]2C[C@@H]3CN(C(=O)Cn3cccn3)C2)ncn1. The number of carbonyl (C=O) groups excluding carboxylic acids is 1. The van der Waals surface area contributed by atoms with Gasteiger partial charge in [0.05, 0.1) is 5.69 Å². The number of rotatable bonds is 3. The molecule has 0 aromatic carbocycles. The Kier molecular flexibility index (Phi) is 4.15. The van der Waals surface area contributed by atoms with E-state index in [0.29, 0.717) is 31.1 Å². The first-order valence-corrected chi connectivity index (χ1v) is 9.64. The second-order valence-corrected chi connectivity index (χ2v) is 7.75. The molecule has 0 aliphatic carbocycles. The highest BCUT2D eigenvalue weighted by Crippen LogP contribution is 2.36. The van der Waals surface area contributed by atoms with Gasteiger partial charge in [-0.15, -0.1) is 0 Å². The van der Waals surface area contributed by atoms with Crippen molar-refractivity contribution in [3.05, 3.63) is 59.0 Å². The summed E-state index contributed by atoms with van der Waals surface area (Å²) in [6, 6.07) is 7.08. The summed E-state index contributed by atoms with van der Waals surface area (Å²) in [4.78, 5) is 35.6. The molecule has 2 bridgehead atoms. The minimum atomic E-state index is -0.0410. The highest BCUT2D eigenvalue weighted by molar-refractivity contribution is 5.76. The number of anilines is 1. The molecule has 1 amide bonds. The van der Waals surface area contributed by atoms with Crippen LogP contribution >= 0.6 is 0 Å². The lowest BCUT2D eigenvalue weighted by molar-refractivity contribution is -0.134. The standard InChI is InChI=1S/C20H21N7O2/c21-18-7-16(22-12-23-18)14-5-17-15-4-13(9-27(17)19(28)6-14)8-25(10-15)20(29)11-26-3-1-2-24-26/h1-3,5-7,12-13,15H,4,8-11H2,(H2,21,22,23)/t13-,15+/m0/s1. The maximum absolute atomic E-state index is 12.8. The van der Waals surface area contributed by atoms with Crippen LogP contribution in [0.3, 0.4) is 0 Å². The fourth-order valence-corrected chi connectivity index (χ4v) is 4.47. The molecule has 3 aromatic heterocycles. The number of amides is 1. The maximum atomic E-state index is 12.8. The predicted molar refractivity (Wildman–Crippen MR) is 106 cm³/mol. The second-order valence-electron chi connectivity index (χ2n) is 7.75. The van der Waals surface area contributed by atoms with Crippen molar-refractivity contribution < 1.29 is 4.79 Å². The predicted octanol–water partition coefficient (Wildman–Crippen LogP) is 0.730. The van der Waals surface area contributed by atoms with Crippen LogP contribution in [0.4, 0.5) is 5.82 Å². The minimum Gasteiger partial charge on any atom is -0.384 e. The van der Waals surface area contributed by atoms with Crippen LogP contribution in [-0.4, -0.2) is 48.2 Å². The molecular formula is C20H21N7O2. The van der Waals surface area contributed by atoms with E-state index in [1.807, 2.05) is 21.6 Å². The first kappa shape index (κ1) is 17.6. The topological polar surface area (TPSA) is 112 Å². The van der Waals surface area contributed by atoms with Crippen molar-refractivity contribution in [2.75, 3.05) is 18.8 Å². The molecule has 1 saturated heterocycles. The fourth-order valence-electron chi connectivity index (χ4n) is 4.47. The second kappa shape index (κ2) is 6.84. The molecule has 9 heteroatoms. The number of likely N-dealkylation sites (tertiary alicyclic amines) is 1. The van der Waals surface area contributed by atoms with E-state index in [1.54, 1.807) is 29.2 Å². The van der Waals surface area contributed by atoms with Gasteiger partial charge in [-0.2, -0.15) is 5.10 Å². The number of fused-ring (bicyclic) bond motifs is 4. The third kappa shape index (κ3) is 3.28. The first-order valence-electron chi connectivity index (χ1n) is 9.64. The van der Waals surface area contributed by atoms with E-state index in [-0.39, 0.29) is 29.8 Å². The maximum Gasteiger partial charge on any atom is 0.251 e. The largest absolute Gasteiger partial charge is 0.384 e. The Balaban J connectivity index is 1.45. The summed E-state index contributed by atoms with van der Waals surface area (Å²) in [5.74, 6) is 0.817. The van der Waals surface area contributed by atoms with Crippen LogP contribution in [-0.2, 0) is 17.9 Å². The van der Waals surface area contributed by atoms with Gasteiger partial charge in [-0.1, -0.05) is 0 Å². The Morgan fingerprint density at radius 2 is 2.07 bits per heavy atom. The van der Waals surface area contributed by atoms with E-state index in [4.69, 9.17) is 5.73 Å². The van der Waals surface area contributed by atoms with Crippen molar-refractivity contribution in [1.82, 2.24) is 29.2 Å². The molecule has 0 spiro atoms. The molecule has 5 rings (SSSR count). The molecule has 0 saturated carbocycles. The lowest BCUT2D eigenvalue weighted by Crippen LogP contribution is -2.49. The average molecular weight is 391 g/mol. The number of nitrogen functional groups attached to an aromatic ring is 1. The molecule has 3 aromatic rings. The summed E-state index contributed by atoms with van der Waals surface area (Å²) >= 11 is 0. The summed E-state index contributed by atoms with van der Waals surface area (Å²) in [7, 11) is 0. The third-order valence-electron chi connectivity index (χ3n) is 5.75. The van der Waals surface area contributed by atoms with Crippen molar-refractivity contribution in [1.29, 1.82) is 0 Å². The van der Waals surface area contributed by atoms with Crippen LogP contribution < -0.4 is 11.3 Å². The zero-order valence-electron chi connectivity index (χ0n) is 15.8. The van der Waals surface area contributed by atoms with Gasteiger partial charge in [0, 0.05) is 61.3 Å². The number of hydrogen-bond donors (Lipinski definition) is 1. The molecule has 1 fully saturated rings. The van der Waals surface area contributed by atoms with Gasteiger partial charge in [-0.3, -0.25) is 14.3 Å². The summed E-state index contributed by atoms with van der Waals surface area (Å²) in [6.07, 6.45) is 5.83. The first-order chi connectivity index (χ1) is 14.1. The number of carbonyl (C=O) groups is 1. The molecule has 2 atom stereocenters. The minimum absolute atomic E-state index is 0.0410. The van der Waals surface area contributed by atoms with E-state index >= 15 is 0 Å². The Labute approximate surface area is 166 Å². The highest BCUT2D eigenvalue weighted by Gasteiger charge is 2.36. The zero-order chi connectivity index (χ0) is 20.0. The number of hydrogen-bond acceptors (Lipinski definition) is 6. The number of nitrogens with two attached hydrogens (primary N) is 1. The van der Waals surface area contributed by atoms with Crippen LogP contribution in [0, 0.1) is 5.92 Å². The zero-order valence-corrected chi connectivity index (χ0v) is 15.8. The molecule has 2 aliphatic rings. The Bertz CT molecular complexity index is 1120. The quantitative estimate of drug-likeness (QED) is 0.704. The molecular weight excluding hydrogens is 370 g/mol. The average Bonchev–Trinajstić information content (AvgIpc) is 3.21. The van der Waals surface area contributed by atoms with Gasteiger partial charge in [0.15, 0.2) is 0 Å². The summed E-state index contributed by atoms with van der Waals surface area (Å²) in [5.41, 5.74) is 8.05. The van der Waals surface area contributed by atoms with Gasteiger partial charge in [0.2, 0.25) is 5.91 Å². The molecule has 9 nitrogen and oxygen atoms in total. The number of piperidine rings is 1. The van der Waals surface area contributed by atoms with Gasteiger partial charge in [-0.25, -0.2) is 9.97 Å². The summed E-state index contributed by atoms with van der Waals surface area (Å²) < 4.78 is 3.49. The van der Waals surface area contributed by atoms with Crippen molar-refractivity contribution in [3.63, 3.8) is 0 Å². The number of aromatic nitrogens is 5. The molecule has 148 valence electrons. The van der Waals surface area contributed by atoms with E-state index in [0.717, 1.165) is 17.7 Å². The summed E-state index contributed by atoms with van der Waals surface area (Å²) in [6.45, 7) is 2.14. The highest BCUT2D eigenvalue weighted by atomic mass is 16.2. The van der Waals surface area contributed by atoms with Crippen molar-refractivity contribution in [3.8, 4) is 11.3 Å². The Morgan fingerprint density at radius 1 is 1.17 bits per heavy atom. The van der Waals surface area contributed by atoms with E-state index in [1.165, 1.54) is 6.33 Å². The van der Waals surface area contributed by atoms with E-state index in [9.17, 15) is 9.59 Å². The van der Waals surface area contributed by atoms with Crippen molar-refractivity contribution in [2.45, 2.75) is 25.4 Å². The van der Waals surface area contributed by atoms with Gasteiger partial charge in [-0.05, 0) is 24.5 Å². The smallest absolute Gasteiger partial charge is 0.251 e. The van der Waals surface area contributed by atoms with Crippen LogP contribution in [0.15, 0.2) is 47.8 Å². The molecule has 2 N–H and O–H groups in total. The van der Waals surface area contributed by atoms with E-state index in [2.05, 4.69) is 15.1 Å². The number of nitrogens with zero attached hydrogens (tertiary/aromatic N) is 6. The lowest BCUT2D eigenvalue weighted by Gasteiger charge is -2.43. The molecule has 5 heterocycles. The lowest BCUT2D eigenvalue weighted by atomic mass is 9.82. The molecule has 0 unspecified atom stereocenters. The third-order valence-corrected chi connectivity index (χ3v) is 5.75. The summed E-state index contributed by atoms with van der Waals surface area (Å²) in [5, 5.41) is 4.12. The Hall–Kier alpha value is -3.49.